The molecule has 0 aliphatic heterocycles. The van der Waals surface area contributed by atoms with Crippen molar-refractivity contribution in [2.24, 2.45) is 0 Å². The van der Waals surface area contributed by atoms with E-state index in [0.717, 1.165) is 6.42 Å². The number of terminal acetylenes is 1. The molecule has 0 rings (SSSR count). The number of rotatable bonds is 6. The van der Waals surface area contributed by atoms with E-state index in [2.05, 4.69) is 12.8 Å². The van der Waals surface area contributed by atoms with Gasteiger partial charge in [-0.05, 0) is 6.42 Å². The van der Waals surface area contributed by atoms with Gasteiger partial charge in [-0.25, -0.2) is 0 Å². The van der Waals surface area contributed by atoms with E-state index < -0.39 is 0 Å². The Bertz CT molecular complexity index is 107. The molecule has 0 saturated carbocycles. The average Bonchev–Trinajstić information content (AvgIpc) is 2.15. The van der Waals surface area contributed by atoms with Crippen LogP contribution in [0.25, 0.3) is 0 Å². The zero-order chi connectivity index (χ0) is 9.66. The molecular formula is C10H19OP. The van der Waals surface area contributed by atoms with Crippen LogP contribution in [0.3, 0.4) is 0 Å². The molecule has 0 N–H and O–H groups in total. The van der Waals surface area contributed by atoms with Crippen LogP contribution < -0.4 is 0 Å². The third kappa shape index (κ3) is 16.3. The van der Waals surface area contributed by atoms with E-state index in [1.165, 1.54) is 38.5 Å². The second-order valence-electron chi connectivity index (χ2n) is 2.72. The van der Waals surface area contributed by atoms with Crippen LogP contribution in [0.15, 0.2) is 0 Å². The molecule has 0 amide bonds. The fraction of sp³-hybridized carbons (Fsp3) is 0.800. The number of unbranched alkanes of at least 4 members (excludes halogenated alkanes) is 6. The Morgan fingerprint density at radius 1 is 1.08 bits per heavy atom. The lowest BCUT2D eigenvalue weighted by Gasteiger charge is -1.95. The van der Waals surface area contributed by atoms with E-state index in [9.17, 15) is 0 Å². The first-order valence-corrected chi connectivity index (χ1v) is 4.96. The molecule has 0 aromatic heterocycles. The molecule has 0 aliphatic carbocycles. The van der Waals surface area contributed by atoms with Gasteiger partial charge in [-0.15, -0.1) is 12.3 Å². The van der Waals surface area contributed by atoms with Gasteiger partial charge in [0.15, 0.2) is 0 Å². The van der Waals surface area contributed by atoms with Crippen LogP contribution in [0.1, 0.15) is 51.9 Å². The van der Waals surface area contributed by atoms with E-state index in [1.807, 2.05) is 0 Å². The molecule has 0 aliphatic rings. The Hall–Kier alpha value is -0.340. The minimum absolute atomic E-state index is 0.964. The molecule has 0 unspecified atom stereocenters. The fourth-order valence-electron chi connectivity index (χ4n) is 1.01. The average molecular weight is 186 g/mol. The van der Waals surface area contributed by atoms with E-state index in [0.29, 0.717) is 0 Å². The summed E-state index contributed by atoms with van der Waals surface area (Å²) in [7, 11) is 1.72. The van der Waals surface area contributed by atoms with Crippen LogP contribution in [-0.2, 0) is 4.57 Å². The highest BCUT2D eigenvalue weighted by atomic mass is 31.0. The predicted molar refractivity (Wildman–Crippen MR) is 55.8 cm³/mol. The molecule has 0 saturated heterocycles. The molecule has 0 bridgehead atoms. The second-order valence-corrected chi connectivity index (χ2v) is 2.72. The molecule has 0 aromatic rings. The summed E-state index contributed by atoms with van der Waals surface area (Å²) in [6, 6.07) is 0. The molecule has 1 nitrogen and oxygen atoms in total. The molecule has 0 fully saturated rings. The number of hydrogen-bond acceptors (Lipinski definition) is 1. The predicted octanol–water partition coefficient (Wildman–Crippen LogP) is 3.84. The van der Waals surface area contributed by atoms with Crippen LogP contribution >= 0.6 is 9.12 Å². The molecular weight excluding hydrogens is 167 g/mol. The molecule has 0 aromatic carbocycles. The maximum atomic E-state index is 8.06. The van der Waals surface area contributed by atoms with E-state index in [1.54, 1.807) is 9.12 Å². The minimum atomic E-state index is 0.964. The highest BCUT2D eigenvalue weighted by Crippen LogP contribution is 2.05. The lowest BCUT2D eigenvalue weighted by Crippen LogP contribution is -1.77. The summed E-state index contributed by atoms with van der Waals surface area (Å²) in [5, 5.41) is 0. The Balaban J connectivity index is 0. The molecule has 0 radical (unpaired) electrons. The van der Waals surface area contributed by atoms with Crippen molar-refractivity contribution in [1.29, 1.82) is 0 Å². The van der Waals surface area contributed by atoms with Crippen LogP contribution in [0.5, 0.6) is 0 Å². The zero-order valence-corrected chi connectivity index (χ0v) is 8.94. The smallest absolute Gasteiger partial charge is 0.138 e. The van der Waals surface area contributed by atoms with Gasteiger partial charge in [0.25, 0.3) is 0 Å². The molecule has 0 heterocycles. The van der Waals surface area contributed by atoms with Crippen molar-refractivity contribution in [3.05, 3.63) is 0 Å². The summed E-state index contributed by atoms with van der Waals surface area (Å²) in [6.07, 6.45) is 14.1. The fourth-order valence-corrected chi connectivity index (χ4v) is 1.01. The first-order chi connectivity index (χ1) is 5.91. The van der Waals surface area contributed by atoms with Crippen molar-refractivity contribution < 1.29 is 4.57 Å². The highest BCUT2D eigenvalue weighted by molar-refractivity contribution is 7.00. The van der Waals surface area contributed by atoms with Crippen molar-refractivity contribution in [1.82, 2.24) is 0 Å². The van der Waals surface area contributed by atoms with Crippen molar-refractivity contribution in [2.45, 2.75) is 51.9 Å². The van der Waals surface area contributed by atoms with Gasteiger partial charge in [0, 0.05) is 6.42 Å². The van der Waals surface area contributed by atoms with Crippen LogP contribution in [0.2, 0.25) is 0 Å². The maximum absolute atomic E-state index is 8.06. The lowest BCUT2D eigenvalue weighted by molar-refractivity contribution is 0.607. The summed E-state index contributed by atoms with van der Waals surface area (Å²) in [5.41, 5.74) is 0. The van der Waals surface area contributed by atoms with Crippen molar-refractivity contribution in [3.63, 3.8) is 0 Å². The Labute approximate surface area is 78.6 Å². The zero-order valence-electron chi connectivity index (χ0n) is 7.94. The minimum Gasteiger partial charge on any atom is -0.279 e. The SMILES string of the molecule is C#CCCCCCCCC.O=P. The van der Waals surface area contributed by atoms with E-state index >= 15 is 0 Å². The lowest BCUT2D eigenvalue weighted by atomic mass is 10.1. The third-order valence-electron chi connectivity index (χ3n) is 1.67. The Morgan fingerprint density at radius 3 is 2.08 bits per heavy atom. The van der Waals surface area contributed by atoms with Gasteiger partial charge >= 0.3 is 0 Å². The van der Waals surface area contributed by atoms with Gasteiger partial charge < -0.3 is 0 Å². The van der Waals surface area contributed by atoms with Gasteiger partial charge in [-0.3, -0.25) is 4.57 Å². The van der Waals surface area contributed by atoms with E-state index in [4.69, 9.17) is 11.0 Å². The van der Waals surface area contributed by atoms with Gasteiger partial charge in [0.2, 0.25) is 0 Å². The monoisotopic (exact) mass is 186 g/mol. The summed E-state index contributed by atoms with van der Waals surface area (Å²) in [4.78, 5) is 0. The standard InChI is InChI=1S/C10H18.HOP/c1-3-5-7-9-10-8-6-4-2;1-2/h1H,4-10H2,2H3;2H. The van der Waals surface area contributed by atoms with Gasteiger partial charge in [-0.1, -0.05) is 39.0 Å². The topological polar surface area (TPSA) is 17.1 Å². The van der Waals surface area contributed by atoms with Gasteiger partial charge in [-0.2, -0.15) is 0 Å². The van der Waals surface area contributed by atoms with E-state index in [-0.39, 0.29) is 0 Å². The van der Waals surface area contributed by atoms with Gasteiger partial charge in [0.05, 0.1) is 0 Å². The first-order valence-electron chi connectivity index (χ1n) is 4.55. The van der Waals surface area contributed by atoms with Crippen molar-refractivity contribution >= 4 is 9.12 Å². The summed E-state index contributed by atoms with van der Waals surface area (Å²) in [5.74, 6) is 2.66. The Morgan fingerprint density at radius 2 is 1.58 bits per heavy atom. The van der Waals surface area contributed by atoms with Crippen molar-refractivity contribution in [2.75, 3.05) is 0 Å². The molecule has 0 atom stereocenters. The summed E-state index contributed by atoms with van der Waals surface area (Å²) in [6.45, 7) is 2.24. The first kappa shape index (κ1) is 14.2. The largest absolute Gasteiger partial charge is 0.279 e. The van der Waals surface area contributed by atoms with Crippen LogP contribution in [0, 0.1) is 12.3 Å². The second kappa shape index (κ2) is 17.0. The molecule has 2 heteroatoms. The quantitative estimate of drug-likeness (QED) is 0.350. The van der Waals surface area contributed by atoms with Crippen molar-refractivity contribution in [3.8, 4) is 12.3 Å². The van der Waals surface area contributed by atoms with Crippen LogP contribution in [-0.4, -0.2) is 0 Å². The summed E-state index contributed by atoms with van der Waals surface area (Å²) >= 11 is 0. The Kier molecular flexibility index (Phi) is 20.1. The summed E-state index contributed by atoms with van der Waals surface area (Å²) < 4.78 is 8.06. The van der Waals surface area contributed by atoms with Crippen LogP contribution in [0.4, 0.5) is 0 Å². The van der Waals surface area contributed by atoms with Gasteiger partial charge in [0.1, 0.15) is 9.12 Å². The normalized spacial score (nSPS) is 8.00. The maximum Gasteiger partial charge on any atom is 0.138 e. The molecule has 0 spiro atoms. The number of hydrogen-bond donors (Lipinski definition) is 0. The third-order valence-corrected chi connectivity index (χ3v) is 1.67. The molecule has 12 heavy (non-hydrogen) atoms. The highest BCUT2D eigenvalue weighted by Gasteiger charge is 1.86. The molecule has 70 valence electrons.